The summed E-state index contributed by atoms with van der Waals surface area (Å²) in [6, 6.07) is 0. The zero-order valence-electron chi connectivity index (χ0n) is 13.8. The third-order valence-corrected chi connectivity index (χ3v) is 0. The quantitative estimate of drug-likeness (QED) is 0.205. The molecule has 16 N–H and O–H groups in total. The van der Waals surface area contributed by atoms with Gasteiger partial charge in [0.15, 0.2) is 0 Å². The van der Waals surface area contributed by atoms with Gasteiger partial charge in [0.1, 0.15) is 0 Å². The second-order valence-corrected chi connectivity index (χ2v) is 5.37. The van der Waals surface area contributed by atoms with E-state index < -0.39 is 31.3 Å². The van der Waals surface area contributed by atoms with E-state index >= 15 is 0 Å². The molecule has 192 valence electrons. The maximum atomic E-state index is 8.55. The van der Waals surface area contributed by atoms with Crippen LogP contribution in [0.4, 0.5) is 0 Å². The van der Waals surface area contributed by atoms with Crippen LogP contribution in [0.1, 0.15) is 0 Å². The minimum atomic E-state index is -5.39. The molecule has 0 fully saturated rings. The van der Waals surface area contributed by atoms with Crippen molar-refractivity contribution in [2.24, 2.45) is 0 Å². The van der Waals surface area contributed by atoms with Crippen LogP contribution < -0.4 is 58.7 Å². The molecule has 0 amide bonds. The Morgan fingerprint density at radius 3 is 0.258 bits per heavy atom. The van der Waals surface area contributed by atoms with Crippen molar-refractivity contribution in [1.29, 1.82) is 0 Å². The SMILES string of the molecule is O.O.O.O.O.O.O.O.O=P([O-])([O-])[O-].O=P([O-])([O-])[O-].O=P([O-])([O-])[O-].O=P([O-])([O-])[O-].[Zr+4].[Zr+4].[Zr+4]. The molecular weight excluding hydrogens is 782 g/mol. The zero-order valence-corrected chi connectivity index (χ0v) is 24.8. The van der Waals surface area contributed by atoms with E-state index in [2.05, 4.69) is 0 Å². The van der Waals surface area contributed by atoms with Gasteiger partial charge in [-0.2, -0.15) is 31.3 Å². The molecule has 0 aliphatic rings. The van der Waals surface area contributed by atoms with Crippen LogP contribution in [0.25, 0.3) is 0 Å². The van der Waals surface area contributed by atoms with Crippen molar-refractivity contribution in [3.8, 4) is 0 Å². The van der Waals surface area contributed by atoms with Gasteiger partial charge in [0.2, 0.25) is 0 Å². The molecule has 0 aromatic carbocycles. The van der Waals surface area contributed by atoms with Crippen LogP contribution in [0, 0.1) is 0 Å². The zero-order chi connectivity index (χ0) is 18.0. The molecule has 0 spiro atoms. The predicted molar refractivity (Wildman–Crippen MR) is 59.3 cm³/mol. The van der Waals surface area contributed by atoms with Gasteiger partial charge in [-0.15, -0.1) is 0 Å². The first-order valence-corrected chi connectivity index (χ1v) is 8.76. The number of rotatable bonds is 0. The largest absolute Gasteiger partial charge is 4.00 e. The molecule has 0 bridgehead atoms. The van der Waals surface area contributed by atoms with E-state index in [0.717, 1.165) is 0 Å². The average molecular weight is 798 g/mol. The summed E-state index contributed by atoms with van der Waals surface area (Å²) in [7, 11) is -21.6. The molecule has 0 rings (SSSR count). The van der Waals surface area contributed by atoms with Crippen molar-refractivity contribution in [2.75, 3.05) is 0 Å². The van der Waals surface area contributed by atoms with Gasteiger partial charge < -0.3 is 121 Å². The fourth-order valence-electron chi connectivity index (χ4n) is 0. The Morgan fingerprint density at radius 2 is 0.258 bits per heavy atom. The Kier molecular flexibility index (Phi) is 153. The van der Waals surface area contributed by atoms with Crippen molar-refractivity contribution in [3.63, 3.8) is 0 Å². The van der Waals surface area contributed by atoms with Gasteiger partial charge in [-0.05, 0) is 0 Å². The first-order chi connectivity index (χ1) is 8.00. The molecule has 0 unspecified atom stereocenters. The van der Waals surface area contributed by atoms with Crippen LogP contribution in [0.5, 0.6) is 0 Å². The van der Waals surface area contributed by atoms with E-state index in [9.17, 15) is 0 Å². The maximum absolute atomic E-state index is 8.55. The smallest absolute Gasteiger partial charge is 0.822 e. The molecule has 0 aliphatic carbocycles. The van der Waals surface area contributed by atoms with Crippen LogP contribution in [0.15, 0.2) is 0 Å². The first-order valence-electron chi connectivity index (χ1n) is 2.92. The second kappa shape index (κ2) is 46.2. The Balaban J connectivity index is -0.00000000757. The van der Waals surface area contributed by atoms with E-state index in [-0.39, 0.29) is 122 Å². The van der Waals surface area contributed by atoms with E-state index in [4.69, 9.17) is 77.0 Å². The summed E-state index contributed by atoms with van der Waals surface area (Å²) in [5.41, 5.74) is 0. The van der Waals surface area contributed by atoms with E-state index in [1.807, 2.05) is 0 Å². The first kappa shape index (κ1) is 103. The Morgan fingerprint density at radius 1 is 0.258 bits per heavy atom. The van der Waals surface area contributed by atoms with Gasteiger partial charge in [0, 0.05) is 0 Å². The third kappa shape index (κ3) is 4050. The van der Waals surface area contributed by atoms with Gasteiger partial charge in [0.05, 0.1) is 0 Å². The topological polar surface area (TPSA) is 597 Å². The fraction of sp³-hybridized carbons (Fsp3) is 0. The minimum Gasteiger partial charge on any atom is -0.822 e. The van der Waals surface area contributed by atoms with Crippen molar-refractivity contribution in [3.05, 3.63) is 0 Å². The number of hydrogen-bond donors (Lipinski definition) is 0. The fourth-order valence-corrected chi connectivity index (χ4v) is 0. The normalized spacial score (nSPS) is 7.61. The third-order valence-electron chi connectivity index (χ3n) is 0. The summed E-state index contributed by atoms with van der Waals surface area (Å²) in [4.78, 5) is 103. The van der Waals surface area contributed by atoms with E-state index in [1.165, 1.54) is 0 Å². The van der Waals surface area contributed by atoms with Gasteiger partial charge >= 0.3 is 78.6 Å². The summed E-state index contributed by atoms with van der Waals surface area (Å²) in [6.45, 7) is 0. The van der Waals surface area contributed by atoms with Crippen LogP contribution >= 0.6 is 31.3 Å². The van der Waals surface area contributed by atoms with Crippen LogP contribution in [0.3, 0.4) is 0 Å². The van der Waals surface area contributed by atoms with Crippen molar-refractivity contribution >= 4 is 31.3 Å². The summed E-state index contributed by atoms with van der Waals surface area (Å²) < 4.78 is 34.2. The molecule has 0 saturated heterocycles. The Labute approximate surface area is 229 Å². The monoisotopic (exact) mass is 794 g/mol. The van der Waals surface area contributed by atoms with Crippen LogP contribution in [0.2, 0.25) is 0 Å². The summed E-state index contributed by atoms with van der Waals surface area (Å²) in [5.74, 6) is 0. The van der Waals surface area contributed by atoms with E-state index in [0.29, 0.717) is 0 Å². The summed E-state index contributed by atoms with van der Waals surface area (Å²) >= 11 is 0. The molecule has 31 heteroatoms. The molecule has 0 aromatic heterocycles. The van der Waals surface area contributed by atoms with Gasteiger partial charge in [-0.25, -0.2) is 0 Å². The van der Waals surface area contributed by atoms with Gasteiger partial charge in [-0.1, -0.05) is 0 Å². The Bertz CT molecular complexity index is 295. The number of phosphoric acid groups is 4. The predicted octanol–water partition coefficient (Wildman–Crippen LogP) is -17.9. The van der Waals surface area contributed by atoms with E-state index in [1.54, 1.807) is 0 Å². The molecule has 0 aliphatic heterocycles. The van der Waals surface area contributed by atoms with Crippen molar-refractivity contribution < 1.29 is 199 Å². The number of hydrogen-bond acceptors (Lipinski definition) is 16. The van der Waals surface area contributed by atoms with Crippen molar-refractivity contribution in [1.82, 2.24) is 0 Å². The van der Waals surface area contributed by atoms with Gasteiger partial charge in [0.25, 0.3) is 0 Å². The maximum Gasteiger partial charge on any atom is 4.00 e. The van der Waals surface area contributed by atoms with Crippen LogP contribution in [-0.2, 0) is 96.9 Å². The van der Waals surface area contributed by atoms with Gasteiger partial charge in [-0.3, -0.25) is 0 Å². The molecular formula is H16O24P4Zr3. The Hall–Kier alpha value is 2.77. The summed E-state index contributed by atoms with van der Waals surface area (Å²) in [6.07, 6.45) is 0. The standard InChI is InChI=1S/4H3O4P.8H2O.3Zr/c4*1-5(2,3)4;;;;;;;;;;;/h4*(H3,1,2,3,4);8*1H2;;;/q;;;;;;;;;;;;3*+4/p-12. The molecule has 0 heterocycles. The van der Waals surface area contributed by atoms with Crippen LogP contribution in [-0.4, -0.2) is 43.8 Å². The molecule has 24 nitrogen and oxygen atoms in total. The summed E-state index contributed by atoms with van der Waals surface area (Å²) in [5, 5.41) is 0. The second-order valence-electron chi connectivity index (χ2n) is 1.79. The minimum absolute atomic E-state index is 0. The molecule has 0 radical (unpaired) electrons. The van der Waals surface area contributed by atoms with Crippen molar-refractivity contribution in [2.45, 2.75) is 0 Å². The molecule has 0 saturated carbocycles. The molecule has 0 aromatic rings. The average Bonchev–Trinajstić information content (AvgIpc) is 1.62. The molecule has 0 atom stereocenters. The molecule has 31 heavy (non-hydrogen) atoms.